The molecule has 0 saturated heterocycles. The SMILES string of the molecule is CCO[Si](CCC1CCC(=O)CC1)(OCC)OCC. The highest BCUT2D eigenvalue weighted by molar-refractivity contribution is 6.60. The average molecular weight is 288 g/mol. The van der Waals surface area contributed by atoms with Gasteiger partial charge in [0, 0.05) is 38.7 Å². The lowest BCUT2D eigenvalue weighted by Gasteiger charge is -2.30. The molecule has 19 heavy (non-hydrogen) atoms. The van der Waals surface area contributed by atoms with Crippen LogP contribution in [0.5, 0.6) is 0 Å². The number of hydrogen-bond acceptors (Lipinski definition) is 4. The van der Waals surface area contributed by atoms with Crippen LogP contribution in [-0.4, -0.2) is 34.4 Å². The molecule has 0 heterocycles. The molecule has 0 N–H and O–H groups in total. The Hall–Kier alpha value is -0.233. The van der Waals surface area contributed by atoms with E-state index in [2.05, 4.69) is 0 Å². The van der Waals surface area contributed by atoms with Gasteiger partial charge < -0.3 is 13.3 Å². The van der Waals surface area contributed by atoms with E-state index in [0.29, 0.717) is 31.5 Å². The van der Waals surface area contributed by atoms with Crippen LogP contribution in [0.25, 0.3) is 0 Å². The summed E-state index contributed by atoms with van der Waals surface area (Å²) in [6, 6.07) is 0.876. The maximum atomic E-state index is 11.3. The number of carbonyl (C=O) groups excluding carboxylic acids is 1. The number of rotatable bonds is 9. The van der Waals surface area contributed by atoms with Crippen molar-refractivity contribution >= 4 is 14.6 Å². The topological polar surface area (TPSA) is 44.8 Å². The molecule has 0 spiro atoms. The molecule has 0 aliphatic heterocycles. The van der Waals surface area contributed by atoms with Gasteiger partial charge in [-0.1, -0.05) is 0 Å². The normalized spacial score (nSPS) is 17.9. The molecule has 0 radical (unpaired) electrons. The van der Waals surface area contributed by atoms with Crippen molar-refractivity contribution < 1.29 is 18.1 Å². The van der Waals surface area contributed by atoms with Crippen molar-refractivity contribution in [2.45, 2.75) is 58.9 Å². The van der Waals surface area contributed by atoms with Gasteiger partial charge >= 0.3 is 8.80 Å². The molecular weight excluding hydrogens is 260 g/mol. The van der Waals surface area contributed by atoms with Crippen LogP contribution in [0.4, 0.5) is 0 Å². The Morgan fingerprint density at radius 1 is 1.00 bits per heavy atom. The lowest BCUT2D eigenvalue weighted by Crippen LogP contribution is -2.46. The van der Waals surface area contributed by atoms with Crippen molar-refractivity contribution in [3.05, 3.63) is 0 Å². The van der Waals surface area contributed by atoms with Crippen LogP contribution in [0.1, 0.15) is 52.9 Å². The Balaban J connectivity index is 2.48. The summed E-state index contributed by atoms with van der Waals surface area (Å²) >= 11 is 0. The highest BCUT2D eigenvalue weighted by Crippen LogP contribution is 2.29. The molecule has 4 nitrogen and oxygen atoms in total. The van der Waals surface area contributed by atoms with E-state index in [4.69, 9.17) is 13.3 Å². The van der Waals surface area contributed by atoms with Gasteiger partial charge in [0.2, 0.25) is 0 Å². The van der Waals surface area contributed by atoms with Gasteiger partial charge in [-0.15, -0.1) is 0 Å². The van der Waals surface area contributed by atoms with Crippen LogP contribution < -0.4 is 0 Å². The molecule has 0 atom stereocenters. The van der Waals surface area contributed by atoms with E-state index in [-0.39, 0.29) is 0 Å². The van der Waals surface area contributed by atoms with E-state index in [1.165, 1.54) is 0 Å². The summed E-state index contributed by atoms with van der Waals surface area (Å²) < 4.78 is 17.6. The van der Waals surface area contributed by atoms with Gasteiger partial charge in [0.05, 0.1) is 0 Å². The standard InChI is InChI=1S/C14H28O4Si/c1-4-16-19(17-5-2,18-6-3)12-11-13-7-9-14(15)10-8-13/h13H,4-12H2,1-3H3. The smallest absolute Gasteiger partial charge is 0.374 e. The molecule has 1 aliphatic rings. The molecule has 0 aromatic heterocycles. The second-order valence-corrected chi connectivity index (χ2v) is 7.73. The highest BCUT2D eigenvalue weighted by Gasteiger charge is 2.40. The van der Waals surface area contributed by atoms with E-state index in [0.717, 1.165) is 38.1 Å². The largest absolute Gasteiger partial charge is 0.500 e. The van der Waals surface area contributed by atoms with Gasteiger partial charge in [-0.25, -0.2) is 0 Å². The van der Waals surface area contributed by atoms with Gasteiger partial charge in [0.25, 0.3) is 0 Å². The van der Waals surface area contributed by atoms with Crippen LogP contribution in [0, 0.1) is 5.92 Å². The van der Waals surface area contributed by atoms with Crippen LogP contribution in [-0.2, 0) is 18.1 Å². The molecule has 0 aromatic carbocycles. The van der Waals surface area contributed by atoms with Gasteiger partial charge in [-0.2, -0.15) is 0 Å². The third-order valence-electron chi connectivity index (χ3n) is 3.61. The summed E-state index contributed by atoms with van der Waals surface area (Å²) in [5, 5.41) is 0. The third-order valence-corrected chi connectivity index (χ3v) is 6.70. The molecule has 1 saturated carbocycles. The maximum Gasteiger partial charge on any atom is 0.500 e. The summed E-state index contributed by atoms with van der Waals surface area (Å²) in [7, 11) is -2.48. The van der Waals surface area contributed by atoms with Crippen LogP contribution in [0.3, 0.4) is 0 Å². The lowest BCUT2D eigenvalue weighted by molar-refractivity contribution is -0.121. The van der Waals surface area contributed by atoms with Crippen LogP contribution >= 0.6 is 0 Å². The first-order valence-corrected chi connectivity index (χ1v) is 9.52. The van der Waals surface area contributed by atoms with Gasteiger partial charge in [0.15, 0.2) is 0 Å². The fourth-order valence-electron chi connectivity index (χ4n) is 2.67. The van der Waals surface area contributed by atoms with E-state index >= 15 is 0 Å². The van der Waals surface area contributed by atoms with E-state index in [1.54, 1.807) is 0 Å². The third kappa shape index (κ3) is 5.73. The Morgan fingerprint density at radius 3 is 1.89 bits per heavy atom. The predicted octanol–water partition coefficient (Wildman–Crippen LogP) is 3.18. The fraction of sp³-hybridized carbons (Fsp3) is 0.929. The van der Waals surface area contributed by atoms with Crippen LogP contribution in [0.15, 0.2) is 0 Å². The molecule has 0 amide bonds. The Bertz CT molecular complexity index is 243. The van der Waals surface area contributed by atoms with E-state index in [1.807, 2.05) is 20.8 Å². The van der Waals surface area contributed by atoms with Crippen molar-refractivity contribution in [3.8, 4) is 0 Å². The highest BCUT2D eigenvalue weighted by atomic mass is 28.4. The van der Waals surface area contributed by atoms with Crippen molar-refractivity contribution in [1.29, 1.82) is 0 Å². The average Bonchev–Trinajstić information content (AvgIpc) is 2.39. The lowest BCUT2D eigenvalue weighted by atomic mass is 9.87. The molecule has 1 aliphatic carbocycles. The first-order chi connectivity index (χ1) is 9.15. The molecule has 1 rings (SSSR count). The summed E-state index contributed by atoms with van der Waals surface area (Å²) in [5.74, 6) is 1.05. The second-order valence-electron chi connectivity index (χ2n) is 5.00. The Morgan fingerprint density at radius 2 is 1.47 bits per heavy atom. The van der Waals surface area contributed by atoms with Crippen molar-refractivity contribution in [3.63, 3.8) is 0 Å². The van der Waals surface area contributed by atoms with Crippen molar-refractivity contribution in [2.24, 2.45) is 5.92 Å². The Labute approximate surface area is 118 Å². The summed E-state index contributed by atoms with van der Waals surface area (Å²) in [4.78, 5) is 11.3. The number of hydrogen-bond donors (Lipinski definition) is 0. The van der Waals surface area contributed by atoms with Gasteiger partial charge in [0.1, 0.15) is 5.78 Å². The molecule has 0 aromatic rings. The molecule has 112 valence electrons. The van der Waals surface area contributed by atoms with Crippen molar-refractivity contribution in [2.75, 3.05) is 19.8 Å². The minimum absolute atomic E-state index is 0.416. The molecular formula is C14H28O4Si. The number of carbonyl (C=O) groups is 1. The minimum atomic E-state index is -2.48. The zero-order valence-corrected chi connectivity index (χ0v) is 13.6. The van der Waals surface area contributed by atoms with Crippen molar-refractivity contribution in [1.82, 2.24) is 0 Å². The quantitative estimate of drug-likeness (QED) is 0.611. The summed E-state index contributed by atoms with van der Waals surface area (Å²) in [6.45, 7) is 7.86. The first kappa shape index (κ1) is 16.8. The maximum absolute atomic E-state index is 11.3. The first-order valence-electron chi connectivity index (χ1n) is 7.59. The molecule has 0 bridgehead atoms. The molecule has 0 unspecified atom stereocenters. The van der Waals surface area contributed by atoms with Gasteiger partial charge in [-0.3, -0.25) is 4.79 Å². The summed E-state index contributed by atoms with van der Waals surface area (Å²) in [5.41, 5.74) is 0. The summed E-state index contributed by atoms with van der Waals surface area (Å²) in [6.07, 6.45) is 4.59. The minimum Gasteiger partial charge on any atom is -0.374 e. The second kappa shape index (κ2) is 8.84. The number of Topliss-reactive ketones (excluding diaryl/α,β-unsaturated/α-hetero) is 1. The predicted molar refractivity (Wildman–Crippen MR) is 77.0 cm³/mol. The van der Waals surface area contributed by atoms with E-state index < -0.39 is 8.80 Å². The fourth-order valence-corrected chi connectivity index (χ4v) is 5.43. The molecule has 1 fully saturated rings. The zero-order valence-electron chi connectivity index (χ0n) is 12.6. The van der Waals surface area contributed by atoms with E-state index in [9.17, 15) is 4.79 Å². The molecule has 5 heteroatoms. The number of ketones is 1. The monoisotopic (exact) mass is 288 g/mol. The van der Waals surface area contributed by atoms with Gasteiger partial charge in [-0.05, 0) is 46.0 Å². The zero-order chi connectivity index (χ0) is 14.1. The Kier molecular flexibility index (Phi) is 7.83. The van der Waals surface area contributed by atoms with Crippen LogP contribution in [0.2, 0.25) is 6.04 Å².